The predicted octanol–water partition coefficient (Wildman–Crippen LogP) is 6.54. The van der Waals surface area contributed by atoms with Gasteiger partial charge in [0.25, 0.3) is 0 Å². The van der Waals surface area contributed by atoms with E-state index in [2.05, 4.69) is 182 Å². The Kier molecular flexibility index (Phi) is 8.62. The Morgan fingerprint density at radius 3 is 0.902 bits per heavy atom. The van der Waals surface area contributed by atoms with Crippen molar-refractivity contribution in [2.75, 3.05) is 6.16 Å². The van der Waals surface area contributed by atoms with Crippen LogP contribution in [0.3, 0.4) is 0 Å². The molecule has 0 bridgehead atoms. The average Bonchev–Trinajstić information content (AvgIpc) is 3.08. The first-order chi connectivity index (χ1) is 20.3. The van der Waals surface area contributed by atoms with Gasteiger partial charge in [-0.2, -0.15) is 0 Å². The maximum absolute atomic E-state index is 2.80. The van der Waals surface area contributed by atoms with Crippen LogP contribution in [-0.4, -0.2) is 19.7 Å². The van der Waals surface area contributed by atoms with Gasteiger partial charge in [-0.15, -0.1) is 0 Å². The first-order valence-electron chi connectivity index (χ1n) is 14.4. The van der Waals surface area contributed by atoms with Gasteiger partial charge in [0.15, 0.2) is 0 Å². The molecular formula is C39H36AsP+2. The number of rotatable bonds is 10. The summed E-state index contributed by atoms with van der Waals surface area (Å²) in [6.45, 7) is 0. The SMILES string of the molecule is c1ccc([P+](CCC[As+](c2ccccc2)(c2ccccc2)c2ccccc2)(c2ccccc2)c2ccccc2)cc1. The predicted molar refractivity (Wildman–Crippen MR) is 183 cm³/mol. The molecule has 0 N–H and O–H groups in total. The van der Waals surface area contributed by atoms with Crippen LogP contribution in [0, 0.1) is 0 Å². The summed E-state index contributed by atoms with van der Waals surface area (Å²) in [6.07, 6.45) is 2.29. The van der Waals surface area contributed by atoms with E-state index >= 15 is 0 Å². The first-order valence-corrected chi connectivity index (χ1v) is 20.6. The zero-order chi connectivity index (χ0) is 27.8. The molecular weight excluding hydrogens is 574 g/mol. The summed E-state index contributed by atoms with van der Waals surface area (Å²) in [7, 11) is -1.89. The van der Waals surface area contributed by atoms with Crippen molar-refractivity contribution in [2.45, 2.75) is 11.6 Å². The Bertz CT molecular complexity index is 1300. The molecule has 200 valence electrons. The molecule has 41 heavy (non-hydrogen) atoms. The van der Waals surface area contributed by atoms with E-state index in [0.29, 0.717) is 0 Å². The Morgan fingerprint density at radius 1 is 0.341 bits per heavy atom. The molecule has 0 saturated heterocycles. The van der Waals surface area contributed by atoms with E-state index in [-0.39, 0.29) is 0 Å². The molecule has 6 rings (SSSR count). The molecule has 0 radical (unpaired) electrons. The zero-order valence-corrected chi connectivity index (χ0v) is 26.1. The molecule has 0 aliphatic carbocycles. The van der Waals surface area contributed by atoms with E-state index in [0.717, 1.165) is 12.6 Å². The summed E-state index contributed by atoms with van der Waals surface area (Å²) in [4.78, 5) is 0. The molecule has 0 amide bonds. The monoisotopic (exact) mass is 610 g/mol. The molecule has 6 aromatic rings. The van der Waals surface area contributed by atoms with Crippen LogP contribution in [0.25, 0.3) is 0 Å². The number of hydrogen-bond donors (Lipinski definition) is 0. The topological polar surface area (TPSA) is 0 Å². The minimum atomic E-state index is -2.80. The molecule has 0 spiro atoms. The van der Waals surface area contributed by atoms with Crippen LogP contribution in [0.1, 0.15) is 6.42 Å². The third-order valence-corrected chi connectivity index (χ3v) is 22.2. The summed E-state index contributed by atoms with van der Waals surface area (Å²) in [5.74, 6) is 0. The standard InChI is InChI=1S/C39H36AsP/c1-7-20-34(21-8-1)40(35-22-9-2-10-23-35,36-24-11-3-12-25-36)32-19-33-41(37-26-13-4-14-27-37,38-28-15-5-16-29-38)39-30-17-6-18-31-39/h1-18,20-31H,19,32-33H2/q+2. The Balaban J connectivity index is 1.50. The van der Waals surface area contributed by atoms with Crippen molar-refractivity contribution in [3.8, 4) is 0 Å². The van der Waals surface area contributed by atoms with Crippen molar-refractivity contribution in [3.05, 3.63) is 182 Å². The molecule has 0 saturated carbocycles. The normalized spacial score (nSPS) is 11.7. The van der Waals surface area contributed by atoms with Crippen molar-refractivity contribution in [3.63, 3.8) is 0 Å². The maximum atomic E-state index is 2.39. The Hall–Kier alpha value is -3.69. The summed E-state index contributed by atoms with van der Waals surface area (Å²) >= 11 is -2.80. The van der Waals surface area contributed by atoms with Crippen LogP contribution in [-0.2, 0) is 0 Å². The van der Waals surface area contributed by atoms with Crippen LogP contribution in [0.2, 0.25) is 5.21 Å². The van der Waals surface area contributed by atoms with Crippen molar-refractivity contribution in [1.29, 1.82) is 0 Å². The fourth-order valence-electron chi connectivity index (χ4n) is 6.31. The van der Waals surface area contributed by atoms with Crippen molar-refractivity contribution in [1.82, 2.24) is 0 Å². The zero-order valence-electron chi connectivity index (χ0n) is 23.3. The van der Waals surface area contributed by atoms with E-state index in [1.807, 2.05) is 0 Å². The van der Waals surface area contributed by atoms with Crippen molar-refractivity contribution in [2.24, 2.45) is 0 Å². The molecule has 0 aromatic heterocycles. The molecule has 0 aliphatic rings. The molecule has 0 atom stereocenters. The van der Waals surface area contributed by atoms with Crippen LogP contribution < -0.4 is 29.0 Å². The summed E-state index contributed by atoms with van der Waals surface area (Å²) < 4.78 is 4.56. The number of hydrogen-bond acceptors (Lipinski definition) is 0. The van der Waals surface area contributed by atoms with Gasteiger partial charge in [0, 0.05) is 0 Å². The van der Waals surface area contributed by atoms with Crippen LogP contribution in [0.15, 0.2) is 182 Å². The third-order valence-electron chi connectivity index (χ3n) is 8.17. The van der Waals surface area contributed by atoms with Gasteiger partial charge < -0.3 is 0 Å². The van der Waals surface area contributed by atoms with Crippen molar-refractivity contribution >= 4 is 49.8 Å². The van der Waals surface area contributed by atoms with Gasteiger partial charge in [0.1, 0.15) is 0 Å². The van der Waals surface area contributed by atoms with E-state index in [1.165, 1.54) is 34.2 Å². The van der Waals surface area contributed by atoms with E-state index in [4.69, 9.17) is 0 Å². The fraction of sp³-hybridized carbons (Fsp3) is 0.0769. The third kappa shape index (κ3) is 5.48. The summed E-state index contributed by atoms with van der Waals surface area (Å²) in [5, 5.41) is 5.58. The first kappa shape index (κ1) is 27.5. The van der Waals surface area contributed by atoms with Gasteiger partial charge in [-0.1, -0.05) is 0 Å². The summed E-state index contributed by atoms with van der Waals surface area (Å²) in [5.41, 5.74) is 0. The molecule has 6 aromatic carbocycles. The molecule has 0 fully saturated rings. The Labute approximate surface area is 248 Å². The van der Waals surface area contributed by atoms with Crippen LogP contribution in [0.4, 0.5) is 0 Å². The van der Waals surface area contributed by atoms with E-state index in [9.17, 15) is 0 Å². The number of benzene rings is 6. The molecule has 2 heteroatoms. The second kappa shape index (κ2) is 12.9. The van der Waals surface area contributed by atoms with E-state index < -0.39 is 20.8 Å². The van der Waals surface area contributed by atoms with Gasteiger partial charge in [-0.25, -0.2) is 0 Å². The van der Waals surface area contributed by atoms with Gasteiger partial charge in [-0.3, -0.25) is 0 Å². The minimum absolute atomic E-state index is 1.14. The van der Waals surface area contributed by atoms with E-state index in [1.54, 1.807) is 0 Å². The van der Waals surface area contributed by atoms with Gasteiger partial charge in [0.05, 0.1) is 0 Å². The molecule has 0 nitrogen and oxygen atoms in total. The average molecular weight is 611 g/mol. The fourth-order valence-corrected chi connectivity index (χ4v) is 20.3. The van der Waals surface area contributed by atoms with Gasteiger partial charge in [-0.05, 0) is 0 Å². The second-order valence-corrected chi connectivity index (χ2v) is 21.6. The molecule has 0 heterocycles. The second-order valence-electron chi connectivity index (χ2n) is 10.4. The Morgan fingerprint density at radius 2 is 0.610 bits per heavy atom. The van der Waals surface area contributed by atoms with Crippen LogP contribution >= 0.6 is 7.26 Å². The summed E-state index contributed by atoms with van der Waals surface area (Å²) in [6, 6.07) is 68.1. The molecule has 0 unspecified atom stereocenters. The van der Waals surface area contributed by atoms with Gasteiger partial charge in [0.2, 0.25) is 0 Å². The molecule has 0 aliphatic heterocycles. The van der Waals surface area contributed by atoms with Gasteiger partial charge >= 0.3 is 250 Å². The van der Waals surface area contributed by atoms with Crippen molar-refractivity contribution < 1.29 is 0 Å². The van der Waals surface area contributed by atoms with Crippen LogP contribution in [0.5, 0.6) is 0 Å². The quantitative estimate of drug-likeness (QED) is 0.122.